The highest BCUT2D eigenvalue weighted by atomic mass is 32.2. The lowest BCUT2D eigenvalue weighted by molar-refractivity contribution is -0.118. The van der Waals surface area contributed by atoms with Crippen molar-refractivity contribution < 1.29 is 4.79 Å². The predicted molar refractivity (Wildman–Crippen MR) is 116 cm³/mol. The van der Waals surface area contributed by atoms with Crippen LogP contribution in [0.15, 0.2) is 29.4 Å². The number of hydrogen-bond donors (Lipinski definition) is 1. The molecule has 1 saturated carbocycles. The molecule has 1 fully saturated rings. The van der Waals surface area contributed by atoms with Crippen LogP contribution in [0.3, 0.4) is 0 Å². The predicted octanol–water partition coefficient (Wildman–Crippen LogP) is 4.98. The Bertz CT molecular complexity index is 786. The molecule has 5 nitrogen and oxygen atoms in total. The molecule has 0 bridgehead atoms. The normalized spacial score (nSPS) is 15.1. The van der Waals surface area contributed by atoms with E-state index in [0.29, 0.717) is 11.8 Å². The lowest BCUT2D eigenvalue weighted by Crippen LogP contribution is -2.25. The van der Waals surface area contributed by atoms with E-state index in [9.17, 15) is 4.79 Å². The average Bonchev–Trinajstić information content (AvgIpc) is 3.33. The van der Waals surface area contributed by atoms with Crippen molar-refractivity contribution in [3.05, 3.63) is 29.8 Å². The molecule has 0 unspecified atom stereocenters. The van der Waals surface area contributed by atoms with E-state index in [2.05, 4.69) is 72.0 Å². The molecule has 1 aromatic carbocycles. The third-order valence-electron chi connectivity index (χ3n) is 5.27. The van der Waals surface area contributed by atoms with E-state index in [-0.39, 0.29) is 11.3 Å². The molecule has 1 heterocycles. The monoisotopic (exact) mass is 400 g/mol. The van der Waals surface area contributed by atoms with Crippen LogP contribution in [0.25, 0.3) is 11.4 Å². The molecule has 1 aliphatic carbocycles. The van der Waals surface area contributed by atoms with E-state index >= 15 is 0 Å². The second-order valence-electron chi connectivity index (χ2n) is 8.58. The zero-order chi connectivity index (χ0) is 20.1. The van der Waals surface area contributed by atoms with E-state index < -0.39 is 0 Å². The van der Waals surface area contributed by atoms with Crippen LogP contribution in [0.1, 0.15) is 71.4 Å². The molecule has 1 N–H and O–H groups in total. The van der Waals surface area contributed by atoms with Gasteiger partial charge < -0.3 is 5.32 Å². The smallest absolute Gasteiger partial charge is 0.230 e. The quantitative estimate of drug-likeness (QED) is 0.666. The molecular formula is C22H32N4OS. The minimum atomic E-state index is 0.0592. The summed E-state index contributed by atoms with van der Waals surface area (Å²) in [6.45, 7) is 9.45. The fraction of sp³-hybridized carbons (Fsp3) is 0.591. The summed E-state index contributed by atoms with van der Waals surface area (Å²) in [4.78, 5) is 12.0. The van der Waals surface area contributed by atoms with E-state index in [0.717, 1.165) is 42.4 Å². The molecule has 0 aliphatic heterocycles. The van der Waals surface area contributed by atoms with Gasteiger partial charge in [0.25, 0.3) is 0 Å². The van der Waals surface area contributed by atoms with Gasteiger partial charge in [0.2, 0.25) is 5.91 Å². The summed E-state index contributed by atoms with van der Waals surface area (Å²) in [5, 5.41) is 12.8. The van der Waals surface area contributed by atoms with Crippen LogP contribution in [0.2, 0.25) is 0 Å². The Kier molecular flexibility index (Phi) is 6.81. The number of benzene rings is 1. The second-order valence-corrected chi connectivity index (χ2v) is 9.52. The number of carbonyl (C=O) groups excluding carboxylic acids is 1. The highest BCUT2D eigenvalue weighted by molar-refractivity contribution is 7.99. The Morgan fingerprint density at radius 3 is 2.46 bits per heavy atom. The molecule has 3 rings (SSSR count). The Morgan fingerprint density at radius 2 is 1.86 bits per heavy atom. The van der Waals surface area contributed by atoms with Gasteiger partial charge in [-0.1, -0.05) is 76.6 Å². The average molecular weight is 401 g/mol. The number of hydrogen-bond acceptors (Lipinski definition) is 4. The van der Waals surface area contributed by atoms with Gasteiger partial charge in [-0.25, -0.2) is 0 Å². The third kappa shape index (κ3) is 4.96. The third-order valence-corrected chi connectivity index (χ3v) is 6.21. The first-order valence-corrected chi connectivity index (χ1v) is 11.3. The minimum absolute atomic E-state index is 0.0592. The molecule has 1 aliphatic rings. The number of amides is 1. The summed E-state index contributed by atoms with van der Waals surface area (Å²) in [6.07, 6.45) is 5.74. The summed E-state index contributed by atoms with van der Waals surface area (Å²) in [6, 6.07) is 9.10. The molecule has 0 spiro atoms. The topological polar surface area (TPSA) is 59.8 Å². The molecule has 152 valence electrons. The molecule has 0 radical (unpaired) electrons. The van der Waals surface area contributed by atoms with Crippen LogP contribution in [0, 0.1) is 0 Å². The number of aromatic nitrogens is 3. The SMILES string of the molecule is CCCNC(=O)CSc1nnc(-c2ccc(C(C)(C)C)cc2)n1C1CCCC1. The molecule has 6 heteroatoms. The van der Waals surface area contributed by atoms with Gasteiger partial charge in [0.1, 0.15) is 0 Å². The molecule has 0 atom stereocenters. The van der Waals surface area contributed by atoms with Gasteiger partial charge in [-0.05, 0) is 30.2 Å². The molecule has 1 aromatic heterocycles. The summed E-state index contributed by atoms with van der Waals surface area (Å²) < 4.78 is 2.27. The lowest BCUT2D eigenvalue weighted by atomic mass is 9.86. The minimum Gasteiger partial charge on any atom is -0.355 e. The molecular weight excluding hydrogens is 368 g/mol. The Morgan fingerprint density at radius 1 is 1.18 bits per heavy atom. The van der Waals surface area contributed by atoms with Crippen LogP contribution in [0.5, 0.6) is 0 Å². The van der Waals surface area contributed by atoms with Crippen LogP contribution in [-0.2, 0) is 10.2 Å². The largest absolute Gasteiger partial charge is 0.355 e. The standard InChI is InChI=1S/C22H32N4OS/c1-5-14-23-19(27)15-28-21-25-24-20(26(21)18-8-6-7-9-18)16-10-12-17(13-11-16)22(2,3)4/h10-13,18H,5-9,14-15H2,1-4H3,(H,23,27). The van der Waals surface area contributed by atoms with Crippen LogP contribution in [-0.4, -0.2) is 33.0 Å². The van der Waals surface area contributed by atoms with Gasteiger partial charge in [0.15, 0.2) is 11.0 Å². The van der Waals surface area contributed by atoms with Crippen LogP contribution >= 0.6 is 11.8 Å². The number of carbonyl (C=O) groups is 1. The van der Waals surface area contributed by atoms with Gasteiger partial charge in [-0.3, -0.25) is 9.36 Å². The fourth-order valence-electron chi connectivity index (χ4n) is 3.63. The van der Waals surface area contributed by atoms with Crippen molar-refractivity contribution in [2.45, 2.75) is 76.4 Å². The lowest BCUT2D eigenvalue weighted by Gasteiger charge is -2.20. The summed E-state index contributed by atoms with van der Waals surface area (Å²) in [5.41, 5.74) is 2.53. The van der Waals surface area contributed by atoms with Crippen molar-refractivity contribution in [2.24, 2.45) is 0 Å². The second kappa shape index (κ2) is 9.12. The fourth-order valence-corrected chi connectivity index (χ4v) is 4.46. The maximum absolute atomic E-state index is 12.0. The van der Waals surface area contributed by atoms with Crippen molar-refractivity contribution in [1.82, 2.24) is 20.1 Å². The van der Waals surface area contributed by atoms with Crippen molar-refractivity contribution in [1.29, 1.82) is 0 Å². The zero-order valence-corrected chi connectivity index (χ0v) is 18.3. The number of thioether (sulfide) groups is 1. The zero-order valence-electron chi connectivity index (χ0n) is 17.5. The maximum atomic E-state index is 12.0. The van der Waals surface area contributed by atoms with Gasteiger partial charge in [0.05, 0.1) is 5.75 Å². The molecule has 2 aromatic rings. The summed E-state index contributed by atoms with van der Waals surface area (Å²) >= 11 is 1.49. The van der Waals surface area contributed by atoms with E-state index in [1.807, 2.05) is 0 Å². The summed E-state index contributed by atoms with van der Waals surface area (Å²) in [7, 11) is 0. The number of nitrogens with one attached hydrogen (secondary N) is 1. The van der Waals surface area contributed by atoms with Crippen molar-refractivity contribution >= 4 is 17.7 Å². The molecule has 1 amide bonds. The number of rotatable bonds is 7. The Hall–Kier alpha value is -1.82. The first-order chi connectivity index (χ1) is 13.4. The maximum Gasteiger partial charge on any atom is 0.230 e. The van der Waals surface area contributed by atoms with Crippen molar-refractivity contribution in [3.63, 3.8) is 0 Å². The van der Waals surface area contributed by atoms with Crippen molar-refractivity contribution in [2.75, 3.05) is 12.3 Å². The van der Waals surface area contributed by atoms with Crippen LogP contribution < -0.4 is 5.32 Å². The van der Waals surface area contributed by atoms with Gasteiger partial charge >= 0.3 is 0 Å². The highest BCUT2D eigenvalue weighted by Gasteiger charge is 2.25. The first-order valence-electron chi connectivity index (χ1n) is 10.4. The van der Waals surface area contributed by atoms with Crippen LogP contribution in [0.4, 0.5) is 0 Å². The van der Waals surface area contributed by atoms with Gasteiger partial charge in [0, 0.05) is 18.2 Å². The molecule has 28 heavy (non-hydrogen) atoms. The number of nitrogens with zero attached hydrogens (tertiary/aromatic N) is 3. The van der Waals surface area contributed by atoms with Gasteiger partial charge in [-0.15, -0.1) is 10.2 Å². The van der Waals surface area contributed by atoms with E-state index in [1.54, 1.807) is 0 Å². The van der Waals surface area contributed by atoms with E-state index in [4.69, 9.17) is 0 Å². The van der Waals surface area contributed by atoms with Gasteiger partial charge in [-0.2, -0.15) is 0 Å². The molecule has 0 saturated heterocycles. The van der Waals surface area contributed by atoms with E-state index in [1.165, 1.54) is 30.2 Å². The first kappa shape index (κ1) is 20.9. The van der Waals surface area contributed by atoms with Crippen molar-refractivity contribution in [3.8, 4) is 11.4 Å². The highest BCUT2D eigenvalue weighted by Crippen LogP contribution is 2.37. The summed E-state index contributed by atoms with van der Waals surface area (Å²) in [5.74, 6) is 1.36. The Labute approximate surface area is 172 Å². The Balaban J connectivity index is 1.85.